The van der Waals surface area contributed by atoms with E-state index in [1.165, 1.54) is 6.26 Å². The fourth-order valence-corrected chi connectivity index (χ4v) is 3.14. The van der Waals surface area contributed by atoms with Gasteiger partial charge in [0, 0.05) is 17.3 Å². The Morgan fingerprint density at radius 3 is 2.52 bits per heavy atom. The van der Waals surface area contributed by atoms with Gasteiger partial charge in [-0.2, -0.15) is 0 Å². The van der Waals surface area contributed by atoms with Crippen molar-refractivity contribution in [3.63, 3.8) is 0 Å². The van der Waals surface area contributed by atoms with Crippen molar-refractivity contribution < 1.29 is 8.42 Å². The molecule has 0 saturated heterocycles. The Morgan fingerprint density at radius 1 is 1.19 bits per heavy atom. The number of rotatable bonds is 4. The van der Waals surface area contributed by atoms with Crippen molar-refractivity contribution in [1.82, 2.24) is 0 Å². The molecule has 0 fully saturated rings. The lowest BCUT2D eigenvalue weighted by atomic mass is 9.99. The molecule has 1 unspecified atom stereocenters. The molecular formula is C16H18ClNO2S. The normalized spacial score (nSPS) is 13.1. The van der Waals surface area contributed by atoms with Crippen LogP contribution in [-0.2, 0) is 16.3 Å². The van der Waals surface area contributed by atoms with Crippen LogP contribution in [0.4, 0.5) is 0 Å². The van der Waals surface area contributed by atoms with E-state index in [-0.39, 0.29) is 10.9 Å². The summed E-state index contributed by atoms with van der Waals surface area (Å²) in [7, 11) is -3.23. The van der Waals surface area contributed by atoms with E-state index in [4.69, 9.17) is 17.3 Å². The molecule has 2 aromatic carbocycles. The molecule has 1 atom stereocenters. The molecule has 112 valence electrons. The highest BCUT2D eigenvalue weighted by molar-refractivity contribution is 7.90. The van der Waals surface area contributed by atoms with Crippen molar-refractivity contribution in [3.05, 3.63) is 64.2 Å². The van der Waals surface area contributed by atoms with Gasteiger partial charge in [0.1, 0.15) is 0 Å². The van der Waals surface area contributed by atoms with Crippen LogP contribution in [0.3, 0.4) is 0 Å². The zero-order chi connectivity index (χ0) is 15.6. The Morgan fingerprint density at radius 2 is 1.90 bits per heavy atom. The Bertz CT molecular complexity index is 757. The van der Waals surface area contributed by atoms with Crippen LogP contribution in [0.1, 0.15) is 22.7 Å². The smallest absolute Gasteiger partial charge is 0.175 e. The van der Waals surface area contributed by atoms with Crippen molar-refractivity contribution in [2.75, 3.05) is 6.26 Å². The van der Waals surface area contributed by atoms with Crippen LogP contribution in [0.5, 0.6) is 0 Å². The monoisotopic (exact) mass is 323 g/mol. The van der Waals surface area contributed by atoms with Crippen molar-refractivity contribution >= 4 is 21.4 Å². The summed E-state index contributed by atoms with van der Waals surface area (Å²) in [6.07, 6.45) is 1.75. The van der Waals surface area contributed by atoms with E-state index in [0.29, 0.717) is 11.4 Å². The van der Waals surface area contributed by atoms with E-state index >= 15 is 0 Å². The second-order valence-electron chi connectivity index (χ2n) is 5.25. The third-order valence-electron chi connectivity index (χ3n) is 3.36. The fourth-order valence-electron chi connectivity index (χ4n) is 2.15. The molecule has 0 aromatic heterocycles. The third-order valence-corrected chi connectivity index (χ3v) is 4.82. The third kappa shape index (κ3) is 4.06. The molecule has 0 spiro atoms. The van der Waals surface area contributed by atoms with Crippen molar-refractivity contribution in [2.45, 2.75) is 24.3 Å². The largest absolute Gasteiger partial charge is 0.324 e. The summed E-state index contributed by atoms with van der Waals surface area (Å²) in [5.74, 6) is 0. The van der Waals surface area contributed by atoms with E-state index in [0.717, 1.165) is 16.7 Å². The average molecular weight is 324 g/mol. The van der Waals surface area contributed by atoms with E-state index in [2.05, 4.69) is 0 Å². The molecule has 2 rings (SSSR count). The second kappa shape index (κ2) is 6.18. The maximum atomic E-state index is 11.6. The van der Waals surface area contributed by atoms with Crippen molar-refractivity contribution in [2.24, 2.45) is 5.73 Å². The summed E-state index contributed by atoms with van der Waals surface area (Å²) in [6, 6.07) is 12.3. The van der Waals surface area contributed by atoms with Crippen LogP contribution in [0, 0.1) is 6.92 Å². The molecule has 5 heteroatoms. The van der Waals surface area contributed by atoms with Gasteiger partial charge in [0.05, 0.1) is 4.90 Å². The molecule has 2 N–H and O–H groups in total. The molecule has 0 aliphatic carbocycles. The number of sulfone groups is 1. The maximum absolute atomic E-state index is 11.6. The molecule has 21 heavy (non-hydrogen) atoms. The topological polar surface area (TPSA) is 60.2 Å². The summed E-state index contributed by atoms with van der Waals surface area (Å²) in [5.41, 5.74) is 9.03. The first-order valence-electron chi connectivity index (χ1n) is 6.58. The number of hydrogen-bond donors (Lipinski definition) is 1. The Hall–Kier alpha value is -1.36. The zero-order valence-electron chi connectivity index (χ0n) is 12.0. The highest BCUT2D eigenvalue weighted by atomic mass is 35.5. The van der Waals surface area contributed by atoms with Gasteiger partial charge >= 0.3 is 0 Å². The molecule has 0 bridgehead atoms. The van der Waals surface area contributed by atoms with Crippen LogP contribution in [0.2, 0.25) is 5.02 Å². The summed E-state index contributed by atoms with van der Waals surface area (Å²) in [4.78, 5) is 0.283. The number of aryl methyl sites for hydroxylation is 1. The van der Waals surface area contributed by atoms with Crippen LogP contribution in [0.15, 0.2) is 47.4 Å². The predicted octanol–water partition coefficient (Wildman–Crippen LogP) is 3.29. The molecule has 0 heterocycles. The van der Waals surface area contributed by atoms with Gasteiger partial charge in [-0.25, -0.2) is 8.42 Å². The molecule has 3 nitrogen and oxygen atoms in total. The maximum Gasteiger partial charge on any atom is 0.175 e. The first-order valence-corrected chi connectivity index (χ1v) is 8.85. The van der Waals surface area contributed by atoms with Gasteiger partial charge < -0.3 is 5.73 Å². The number of halogens is 1. The van der Waals surface area contributed by atoms with Crippen LogP contribution in [0.25, 0.3) is 0 Å². The van der Waals surface area contributed by atoms with Gasteiger partial charge in [-0.1, -0.05) is 35.9 Å². The highest BCUT2D eigenvalue weighted by Gasteiger charge is 2.13. The summed E-state index contributed by atoms with van der Waals surface area (Å²) in [6.45, 7) is 1.98. The Labute approximate surface area is 130 Å². The van der Waals surface area contributed by atoms with Gasteiger partial charge in [0.25, 0.3) is 0 Å². The highest BCUT2D eigenvalue weighted by Crippen LogP contribution is 2.24. The SMILES string of the molecule is Cc1ccc(CC(N)c2cccc(S(C)(=O)=O)c2)c(Cl)c1. The van der Waals surface area contributed by atoms with Gasteiger partial charge in [-0.05, 0) is 48.2 Å². The lowest BCUT2D eigenvalue weighted by molar-refractivity contribution is 0.601. The van der Waals surface area contributed by atoms with Crippen LogP contribution in [-0.4, -0.2) is 14.7 Å². The van der Waals surface area contributed by atoms with Gasteiger partial charge in [0.2, 0.25) is 0 Å². The minimum atomic E-state index is -3.23. The molecule has 0 aliphatic rings. The fraction of sp³-hybridized carbons (Fsp3) is 0.250. The number of nitrogens with two attached hydrogens (primary N) is 1. The minimum Gasteiger partial charge on any atom is -0.324 e. The molecule has 2 aromatic rings. The van der Waals surface area contributed by atoms with Crippen LogP contribution < -0.4 is 5.73 Å². The van der Waals surface area contributed by atoms with E-state index in [9.17, 15) is 8.42 Å². The van der Waals surface area contributed by atoms with Gasteiger partial charge in [-0.15, -0.1) is 0 Å². The van der Waals surface area contributed by atoms with Crippen molar-refractivity contribution in [3.8, 4) is 0 Å². The summed E-state index contributed by atoms with van der Waals surface area (Å²) < 4.78 is 23.2. The molecule has 0 amide bonds. The lowest BCUT2D eigenvalue weighted by Crippen LogP contribution is -2.14. The number of hydrogen-bond acceptors (Lipinski definition) is 3. The minimum absolute atomic E-state index is 0.283. The number of benzene rings is 2. The van der Waals surface area contributed by atoms with Crippen molar-refractivity contribution in [1.29, 1.82) is 0 Å². The van der Waals surface area contributed by atoms with E-state index in [1.807, 2.05) is 31.2 Å². The quantitative estimate of drug-likeness (QED) is 0.939. The summed E-state index contributed by atoms with van der Waals surface area (Å²) >= 11 is 6.21. The molecule has 0 aliphatic heterocycles. The first-order chi connectivity index (χ1) is 9.77. The molecule has 0 saturated carbocycles. The first kappa shape index (κ1) is 16.0. The van der Waals surface area contributed by atoms with E-state index in [1.54, 1.807) is 18.2 Å². The predicted molar refractivity (Wildman–Crippen MR) is 86.4 cm³/mol. The molecule has 0 radical (unpaired) electrons. The standard InChI is InChI=1S/C16H18ClNO2S/c1-11-6-7-12(15(17)8-11)10-16(18)13-4-3-5-14(9-13)21(2,19)20/h3-9,16H,10,18H2,1-2H3. The summed E-state index contributed by atoms with van der Waals surface area (Å²) in [5, 5.41) is 0.685. The van der Waals surface area contributed by atoms with E-state index < -0.39 is 9.84 Å². The van der Waals surface area contributed by atoms with Gasteiger partial charge in [0.15, 0.2) is 9.84 Å². The Balaban J connectivity index is 2.26. The average Bonchev–Trinajstić information content (AvgIpc) is 2.41. The zero-order valence-corrected chi connectivity index (χ0v) is 13.6. The lowest BCUT2D eigenvalue weighted by Gasteiger charge is -2.14. The molecular weight excluding hydrogens is 306 g/mol. The van der Waals surface area contributed by atoms with Crippen LogP contribution >= 0.6 is 11.6 Å². The second-order valence-corrected chi connectivity index (χ2v) is 7.67. The van der Waals surface area contributed by atoms with Gasteiger partial charge in [-0.3, -0.25) is 0 Å². The Kier molecular flexibility index (Phi) is 4.71.